The van der Waals surface area contributed by atoms with E-state index in [1.807, 2.05) is 30.6 Å². The van der Waals surface area contributed by atoms with E-state index in [-0.39, 0.29) is 12.2 Å². The Kier molecular flexibility index (Phi) is 5.22. The summed E-state index contributed by atoms with van der Waals surface area (Å²) in [5, 5.41) is 1.06. The molecular weight excluding hydrogens is 388 g/mol. The molecule has 0 aliphatic carbocycles. The first-order valence-corrected chi connectivity index (χ1v) is 10.6. The van der Waals surface area contributed by atoms with Crippen molar-refractivity contribution in [2.45, 2.75) is 26.1 Å². The lowest BCUT2D eigenvalue weighted by atomic mass is 9.94. The molecule has 1 saturated heterocycles. The van der Waals surface area contributed by atoms with Crippen molar-refractivity contribution in [3.63, 3.8) is 0 Å². The van der Waals surface area contributed by atoms with Crippen molar-refractivity contribution in [3.05, 3.63) is 72.6 Å². The van der Waals surface area contributed by atoms with Crippen LogP contribution in [0.5, 0.6) is 5.75 Å². The van der Waals surface area contributed by atoms with E-state index in [9.17, 15) is 0 Å². The van der Waals surface area contributed by atoms with Crippen LogP contribution in [0.3, 0.4) is 0 Å². The molecule has 31 heavy (non-hydrogen) atoms. The maximum absolute atomic E-state index is 5.91. The van der Waals surface area contributed by atoms with Crippen molar-refractivity contribution in [1.82, 2.24) is 9.97 Å². The molecule has 1 fully saturated rings. The number of para-hydroxylation sites is 1. The minimum atomic E-state index is -0.0481. The van der Waals surface area contributed by atoms with Crippen LogP contribution in [0.2, 0.25) is 0 Å². The van der Waals surface area contributed by atoms with Crippen LogP contribution in [-0.2, 0) is 9.47 Å². The number of benzene rings is 2. The van der Waals surface area contributed by atoms with Gasteiger partial charge in [-0.25, -0.2) is 4.98 Å². The molecule has 2 aromatic heterocycles. The molecule has 0 radical (unpaired) electrons. The van der Waals surface area contributed by atoms with Gasteiger partial charge in [0.05, 0.1) is 13.2 Å². The molecule has 0 spiro atoms. The Labute approximate surface area is 182 Å². The Morgan fingerprint density at radius 1 is 1.00 bits per heavy atom. The number of ether oxygens (including phenoxy) is 3. The van der Waals surface area contributed by atoms with Gasteiger partial charge in [0.25, 0.3) is 0 Å². The van der Waals surface area contributed by atoms with Gasteiger partial charge in [-0.1, -0.05) is 50.2 Å². The van der Waals surface area contributed by atoms with Gasteiger partial charge in [0, 0.05) is 34.5 Å². The van der Waals surface area contributed by atoms with Gasteiger partial charge in [-0.05, 0) is 35.2 Å². The van der Waals surface area contributed by atoms with Crippen LogP contribution >= 0.6 is 0 Å². The molecule has 4 aromatic rings. The second kappa shape index (κ2) is 8.17. The molecule has 1 aliphatic rings. The molecule has 2 aromatic carbocycles. The number of methoxy groups -OCH3 is 1. The predicted molar refractivity (Wildman–Crippen MR) is 122 cm³/mol. The summed E-state index contributed by atoms with van der Waals surface area (Å²) in [6.07, 6.45) is 3.92. The molecule has 0 unspecified atom stereocenters. The quantitative estimate of drug-likeness (QED) is 0.437. The summed E-state index contributed by atoms with van der Waals surface area (Å²) in [6.45, 7) is 4.68. The topological polar surface area (TPSA) is 56.4 Å². The van der Waals surface area contributed by atoms with Crippen molar-refractivity contribution < 1.29 is 14.2 Å². The van der Waals surface area contributed by atoms with E-state index in [0.717, 1.165) is 44.6 Å². The number of hydrogen-bond acceptors (Lipinski definition) is 4. The number of aromatic nitrogens is 2. The summed E-state index contributed by atoms with van der Waals surface area (Å²) in [5.74, 6) is 1.23. The van der Waals surface area contributed by atoms with Gasteiger partial charge < -0.3 is 19.2 Å². The van der Waals surface area contributed by atoms with Crippen molar-refractivity contribution in [3.8, 4) is 28.0 Å². The molecule has 1 N–H and O–H groups in total. The zero-order valence-electron chi connectivity index (χ0n) is 18.0. The number of rotatable bonds is 5. The lowest BCUT2D eigenvalue weighted by molar-refractivity contribution is 0.0308. The van der Waals surface area contributed by atoms with Gasteiger partial charge in [0.1, 0.15) is 24.3 Å². The summed E-state index contributed by atoms with van der Waals surface area (Å²) in [5.41, 5.74) is 6.27. The van der Waals surface area contributed by atoms with Crippen LogP contribution in [0.25, 0.3) is 33.3 Å². The molecule has 0 amide bonds. The largest absolute Gasteiger partial charge is 0.496 e. The molecule has 5 rings (SSSR count). The number of pyridine rings is 1. The normalized spacial score (nSPS) is 18.7. The van der Waals surface area contributed by atoms with Crippen LogP contribution in [0, 0.1) is 5.92 Å². The number of hydrogen-bond donors (Lipinski definition) is 1. The molecule has 0 bridgehead atoms. The van der Waals surface area contributed by atoms with Crippen molar-refractivity contribution in [1.29, 1.82) is 0 Å². The van der Waals surface area contributed by atoms with Crippen LogP contribution in [0.1, 0.15) is 25.5 Å². The summed E-state index contributed by atoms with van der Waals surface area (Å²) in [4.78, 5) is 7.97. The van der Waals surface area contributed by atoms with Gasteiger partial charge >= 0.3 is 0 Å². The summed E-state index contributed by atoms with van der Waals surface area (Å²) in [7, 11) is 1.70. The molecule has 158 valence electrons. The third kappa shape index (κ3) is 3.60. The van der Waals surface area contributed by atoms with Crippen molar-refractivity contribution >= 4 is 11.0 Å². The Morgan fingerprint density at radius 3 is 2.71 bits per heavy atom. The number of H-pyrrole nitrogens is 1. The first-order chi connectivity index (χ1) is 15.2. The van der Waals surface area contributed by atoms with E-state index < -0.39 is 0 Å². The number of aromatic amines is 1. The molecular formula is C26H26N2O3. The van der Waals surface area contributed by atoms with E-state index in [1.54, 1.807) is 7.11 Å². The van der Waals surface area contributed by atoms with Crippen LogP contribution in [-0.4, -0.2) is 30.0 Å². The van der Waals surface area contributed by atoms with Crippen LogP contribution in [0.4, 0.5) is 0 Å². The minimum absolute atomic E-state index is 0.0481. The fourth-order valence-corrected chi connectivity index (χ4v) is 4.35. The van der Waals surface area contributed by atoms with Gasteiger partial charge in [-0.15, -0.1) is 0 Å². The van der Waals surface area contributed by atoms with E-state index in [4.69, 9.17) is 14.2 Å². The predicted octanol–water partition coefficient (Wildman–Crippen LogP) is 5.98. The average Bonchev–Trinajstić information content (AvgIpc) is 3.46. The van der Waals surface area contributed by atoms with Gasteiger partial charge in [-0.2, -0.15) is 0 Å². The number of nitrogens with zero attached hydrogens (tertiary/aromatic N) is 1. The average molecular weight is 415 g/mol. The summed E-state index contributed by atoms with van der Waals surface area (Å²) in [6, 6.07) is 18.7. The monoisotopic (exact) mass is 414 g/mol. The van der Waals surface area contributed by atoms with E-state index >= 15 is 0 Å². The maximum atomic E-state index is 5.91. The Balaban J connectivity index is 1.56. The summed E-state index contributed by atoms with van der Waals surface area (Å²) < 4.78 is 17.3. The number of fused-ring (bicyclic) bond motifs is 1. The fourth-order valence-electron chi connectivity index (χ4n) is 4.35. The third-order valence-electron chi connectivity index (χ3n) is 5.94. The van der Waals surface area contributed by atoms with Gasteiger partial charge in [-0.3, -0.25) is 0 Å². The molecule has 5 heteroatoms. The number of nitrogens with one attached hydrogen (secondary N) is 1. The third-order valence-corrected chi connectivity index (χ3v) is 5.94. The minimum Gasteiger partial charge on any atom is -0.496 e. The highest BCUT2D eigenvalue weighted by Crippen LogP contribution is 2.37. The molecule has 1 aliphatic heterocycles. The highest BCUT2D eigenvalue weighted by Gasteiger charge is 2.33. The standard InChI is InChI=1S/C26H26N2O3/c1-16(2)24-25(31-15-30-24)18-8-6-7-17(11-18)19-12-21-22(14-28-26(21)27-13-19)20-9-4-5-10-23(20)29-3/h4-14,16,24-25H,15H2,1-3H3,(H,27,28)/t24-,25-/m0/s1. The second-order valence-electron chi connectivity index (χ2n) is 8.23. The van der Waals surface area contributed by atoms with Crippen LogP contribution < -0.4 is 4.74 Å². The zero-order chi connectivity index (χ0) is 21.4. The zero-order valence-corrected chi connectivity index (χ0v) is 18.0. The second-order valence-corrected chi connectivity index (χ2v) is 8.23. The fraction of sp³-hybridized carbons (Fsp3) is 0.269. The van der Waals surface area contributed by atoms with Crippen molar-refractivity contribution in [2.24, 2.45) is 5.92 Å². The first kappa shape index (κ1) is 19.8. The van der Waals surface area contributed by atoms with Crippen LogP contribution in [0.15, 0.2) is 67.0 Å². The highest BCUT2D eigenvalue weighted by atomic mass is 16.7. The Hall–Kier alpha value is -3.15. The summed E-state index contributed by atoms with van der Waals surface area (Å²) >= 11 is 0. The van der Waals surface area contributed by atoms with E-state index in [1.165, 1.54) is 0 Å². The first-order valence-electron chi connectivity index (χ1n) is 10.6. The van der Waals surface area contributed by atoms with Crippen molar-refractivity contribution in [2.75, 3.05) is 13.9 Å². The highest BCUT2D eigenvalue weighted by molar-refractivity contribution is 5.97. The maximum Gasteiger partial charge on any atom is 0.148 e. The SMILES string of the molecule is COc1ccccc1-c1c[nH]c2ncc(-c3cccc([C@@H]4OCO[C@H]4C(C)C)c3)cc12. The van der Waals surface area contributed by atoms with Gasteiger partial charge in [0.2, 0.25) is 0 Å². The Morgan fingerprint density at radius 2 is 1.87 bits per heavy atom. The van der Waals surface area contributed by atoms with Gasteiger partial charge in [0.15, 0.2) is 0 Å². The molecule has 3 heterocycles. The Bertz CT molecular complexity index is 1210. The molecule has 5 nitrogen and oxygen atoms in total. The van der Waals surface area contributed by atoms with E-state index in [2.05, 4.69) is 60.2 Å². The lowest BCUT2D eigenvalue weighted by Gasteiger charge is -2.21. The smallest absolute Gasteiger partial charge is 0.148 e. The molecule has 2 atom stereocenters. The lowest BCUT2D eigenvalue weighted by Crippen LogP contribution is -2.21. The molecule has 0 saturated carbocycles. The van der Waals surface area contributed by atoms with E-state index in [0.29, 0.717) is 12.7 Å².